The summed E-state index contributed by atoms with van der Waals surface area (Å²) >= 11 is 1.68. The maximum atomic E-state index is 4.11. The summed E-state index contributed by atoms with van der Waals surface area (Å²) in [6.45, 7) is 5.14. The molecule has 0 amide bonds. The molecule has 1 atom stereocenters. The molecule has 1 aliphatic rings. The quantitative estimate of drug-likeness (QED) is 0.836. The van der Waals surface area contributed by atoms with Crippen LogP contribution in [0.25, 0.3) is 0 Å². The van der Waals surface area contributed by atoms with Gasteiger partial charge in [0.1, 0.15) is 10.0 Å². The first-order valence-electron chi connectivity index (χ1n) is 5.76. The van der Waals surface area contributed by atoms with Crippen molar-refractivity contribution in [3.05, 3.63) is 10.0 Å². The highest BCUT2D eigenvalue weighted by atomic mass is 32.1. The minimum absolute atomic E-state index is 0.611. The fraction of sp³-hybridized carbons (Fsp3) is 0.818. The minimum atomic E-state index is 0.611. The maximum absolute atomic E-state index is 4.11. The van der Waals surface area contributed by atoms with E-state index in [0.29, 0.717) is 6.04 Å². The number of rotatable bonds is 5. The molecular formula is C11H19N3S. The van der Waals surface area contributed by atoms with Gasteiger partial charge in [-0.05, 0) is 26.2 Å². The number of hydrogen-bond acceptors (Lipinski definition) is 4. The van der Waals surface area contributed by atoms with Crippen LogP contribution in [0.15, 0.2) is 0 Å². The van der Waals surface area contributed by atoms with Crippen molar-refractivity contribution in [3.63, 3.8) is 0 Å². The lowest BCUT2D eigenvalue weighted by Crippen LogP contribution is -2.29. The van der Waals surface area contributed by atoms with Crippen LogP contribution in [0.5, 0.6) is 0 Å². The second-order valence-electron chi connectivity index (χ2n) is 4.53. The molecule has 1 heterocycles. The lowest BCUT2D eigenvalue weighted by atomic mass is 9.81. The zero-order valence-corrected chi connectivity index (χ0v) is 10.3. The third kappa shape index (κ3) is 3.24. The van der Waals surface area contributed by atoms with Crippen LogP contribution in [0, 0.1) is 12.8 Å². The van der Waals surface area contributed by atoms with Gasteiger partial charge in [0, 0.05) is 12.6 Å². The van der Waals surface area contributed by atoms with E-state index in [9.17, 15) is 0 Å². The molecule has 1 saturated carbocycles. The molecule has 84 valence electrons. The van der Waals surface area contributed by atoms with Gasteiger partial charge in [0.15, 0.2) is 0 Å². The summed E-state index contributed by atoms with van der Waals surface area (Å²) < 4.78 is 0. The molecule has 4 heteroatoms. The first kappa shape index (κ1) is 11.0. The molecule has 0 bridgehead atoms. The Morgan fingerprint density at radius 1 is 1.47 bits per heavy atom. The van der Waals surface area contributed by atoms with Gasteiger partial charge >= 0.3 is 0 Å². The van der Waals surface area contributed by atoms with Crippen molar-refractivity contribution in [2.75, 3.05) is 0 Å². The molecule has 1 aromatic heterocycles. The van der Waals surface area contributed by atoms with E-state index in [1.165, 1.54) is 25.7 Å². The smallest absolute Gasteiger partial charge is 0.131 e. The molecule has 0 radical (unpaired) electrons. The van der Waals surface area contributed by atoms with E-state index in [0.717, 1.165) is 22.5 Å². The molecule has 0 aromatic carbocycles. The van der Waals surface area contributed by atoms with E-state index >= 15 is 0 Å². The predicted molar refractivity (Wildman–Crippen MR) is 62.9 cm³/mol. The summed E-state index contributed by atoms with van der Waals surface area (Å²) in [5.74, 6) is 0.976. The van der Waals surface area contributed by atoms with Crippen LogP contribution in [0.2, 0.25) is 0 Å². The summed E-state index contributed by atoms with van der Waals surface area (Å²) in [6, 6.07) is 0.611. The van der Waals surface area contributed by atoms with Gasteiger partial charge in [-0.25, -0.2) is 0 Å². The van der Waals surface area contributed by atoms with Crippen molar-refractivity contribution in [1.82, 2.24) is 15.5 Å². The molecule has 1 unspecified atom stereocenters. The van der Waals surface area contributed by atoms with Crippen LogP contribution < -0.4 is 5.32 Å². The zero-order valence-electron chi connectivity index (χ0n) is 9.49. The first-order valence-corrected chi connectivity index (χ1v) is 6.58. The second-order valence-corrected chi connectivity index (χ2v) is 5.80. The average molecular weight is 225 g/mol. The molecule has 2 rings (SSSR count). The van der Waals surface area contributed by atoms with Gasteiger partial charge in [0.2, 0.25) is 0 Å². The third-order valence-electron chi connectivity index (χ3n) is 3.08. The zero-order chi connectivity index (χ0) is 10.7. The highest BCUT2D eigenvalue weighted by Gasteiger charge is 2.19. The van der Waals surface area contributed by atoms with Crippen molar-refractivity contribution >= 4 is 11.3 Å². The number of aryl methyl sites for hydroxylation is 1. The van der Waals surface area contributed by atoms with E-state index in [1.807, 2.05) is 6.92 Å². The van der Waals surface area contributed by atoms with E-state index in [2.05, 4.69) is 22.4 Å². The lowest BCUT2D eigenvalue weighted by Gasteiger charge is -2.28. The van der Waals surface area contributed by atoms with Crippen LogP contribution >= 0.6 is 11.3 Å². The molecule has 3 nitrogen and oxygen atoms in total. The topological polar surface area (TPSA) is 37.8 Å². The number of hydrogen-bond donors (Lipinski definition) is 1. The normalized spacial score (nSPS) is 18.8. The Kier molecular flexibility index (Phi) is 3.70. The standard InChI is InChI=1S/C11H19N3S/c1-8(6-10-4-3-5-10)12-7-11-14-13-9(2)15-11/h8,10,12H,3-7H2,1-2H3. The minimum Gasteiger partial charge on any atom is -0.308 e. The van der Waals surface area contributed by atoms with Crippen LogP contribution in [-0.4, -0.2) is 16.2 Å². The SMILES string of the molecule is Cc1nnc(CNC(C)CC2CCC2)s1. The van der Waals surface area contributed by atoms with Gasteiger partial charge in [0.25, 0.3) is 0 Å². The van der Waals surface area contributed by atoms with Crippen LogP contribution in [0.1, 0.15) is 42.6 Å². The van der Waals surface area contributed by atoms with Crippen LogP contribution in [-0.2, 0) is 6.54 Å². The highest BCUT2D eigenvalue weighted by Crippen LogP contribution is 2.30. The maximum Gasteiger partial charge on any atom is 0.131 e. The molecule has 0 spiro atoms. The van der Waals surface area contributed by atoms with Crippen molar-refractivity contribution in [3.8, 4) is 0 Å². The average Bonchev–Trinajstić information content (AvgIpc) is 2.55. The Hall–Kier alpha value is -0.480. The number of aromatic nitrogens is 2. The Morgan fingerprint density at radius 2 is 2.27 bits per heavy atom. The van der Waals surface area contributed by atoms with E-state index in [-0.39, 0.29) is 0 Å². The Balaban J connectivity index is 1.68. The lowest BCUT2D eigenvalue weighted by molar-refractivity contribution is 0.265. The fourth-order valence-electron chi connectivity index (χ4n) is 1.98. The highest BCUT2D eigenvalue weighted by molar-refractivity contribution is 7.11. The van der Waals surface area contributed by atoms with Crippen molar-refractivity contribution < 1.29 is 0 Å². The van der Waals surface area contributed by atoms with Gasteiger partial charge in [-0.3, -0.25) is 0 Å². The summed E-state index contributed by atoms with van der Waals surface area (Å²) in [7, 11) is 0. The molecule has 1 aliphatic carbocycles. The first-order chi connectivity index (χ1) is 7.24. The summed E-state index contributed by atoms with van der Waals surface area (Å²) in [5.41, 5.74) is 0. The largest absolute Gasteiger partial charge is 0.308 e. The summed E-state index contributed by atoms with van der Waals surface area (Å²) in [4.78, 5) is 0. The molecule has 1 N–H and O–H groups in total. The summed E-state index contributed by atoms with van der Waals surface area (Å²) in [6.07, 6.45) is 5.62. The number of nitrogens with one attached hydrogen (secondary N) is 1. The van der Waals surface area contributed by atoms with E-state index < -0.39 is 0 Å². The summed E-state index contributed by atoms with van der Waals surface area (Å²) in [5, 5.41) is 13.8. The van der Waals surface area contributed by atoms with Gasteiger partial charge in [-0.15, -0.1) is 21.5 Å². The van der Waals surface area contributed by atoms with Gasteiger partial charge < -0.3 is 5.32 Å². The molecule has 0 aliphatic heterocycles. The predicted octanol–water partition coefficient (Wildman–Crippen LogP) is 2.51. The van der Waals surface area contributed by atoms with E-state index in [1.54, 1.807) is 11.3 Å². The number of nitrogens with zero attached hydrogens (tertiary/aromatic N) is 2. The van der Waals surface area contributed by atoms with Crippen molar-refractivity contribution in [2.45, 2.75) is 52.1 Å². The van der Waals surface area contributed by atoms with Gasteiger partial charge in [-0.2, -0.15) is 0 Å². The molecular weight excluding hydrogens is 206 g/mol. The Labute approximate surface area is 95.3 Å². The third-order valence-corrected chi connectivity index (χ3v) is 3.92. The Bertz CT molecular complexity index is 307. The van der Waals surface area contributed by atoms with E-state index in [4.69, 9.17) is 0 Å². The van der Waals surface area contributed by atoms with Gasteiger partial charge in [-0.1, -0.05) is 19.3 Å². The van der Waals surface area contributed by atoms with Crippen LogP contribution in [0.3, 0.4) is 0 Å². The molecule has 1 fully saturated rings. The van der Waals surface area contributed by atoms with Crippen LogP contribution in [0.4, 0.5) is 0 Å². The molecule has 1 aromatic rings. The fourth-order valence-corrected chi connectivity index (χ4v) is 2.64. The molecule has 0 saturated heterocycles. The van der Waals surface area contributed by atoms with Crippen molar-refractivity contribution in [2.24, 2.45) is 5.92 Å². The molecule has 15 heavy (non-hydrogen) atoms. The van der Waals surface area contributed by atoms with Crippen molar-refractivity contribution in [1.29, 1.82) is 0 Å². The Morgan fingerprint density at radius 3 is 2.80 bits per heavy atom. The van der Waals surface area contributed by atoms with Gasteiger partial charge in [0.05, 0.1) is 0 Å². The second kappa shape index (κ2) is 5.03. The monoisotopic (exact) mass is 225 g/mol.